The molecule has 1 atom stereocenters. The molecule has 36 heavy (non-hydrogen) atoms. The zero-order chi connectivity index (χ0) is 25.5. The van der Waals surface area contributed by atoms with Gasteiger partial charge in [-0.25, -0.2) is 8.42 Å². The number of amides is 1. The van der Waals surface area contributed by atoms with E-state index in [1.165, 1.54) is 35.6 Å². The van der Waals surface area contributed by atoms with E-state index >= 15 is 0 Å². The molecule has 1 aliphatic heterocycles. The SMILES string of the molecule is CNC(=O)C(c1ccccc1)N(Cc1ccc(CN2CCOCC2)cc1)S(=O)(=O)c1ccc(Cl)cc1. The highest BCUT2D eigenvalue weighted by Crippen LogP contribution is 2.31. The number of morpholine rings is 1. The van der Waals surface area contributed by atoms with E-state index in [0.717, 1.165) is 44.0 Å². The lowest BCUT2D eigenvalue weighted by Gasteiger charge is -2.30. The number of carbonyl (C=O) groups excluding carboxylic acids is 1. The van der Waals surface area contributed by atoms with Gasteiger partial charge in [-0.1, -0.05) is 66.2 Å². The first kappa shape index (κ1) is 26.3. The van der Waals surface area contributed by atoms with Gasteiger partial charge in [-0.3, -0.25) is 9.69 Å². The maximum atomic E-state index is 13.9. The second kappa shape index (κ2) is 12.0. The third-order valence-corrected chi connectivity index (χ3v) is 8.27. The molecule has 3 aromatic carbocycles. The Morgan fingerprint density at radius 1 is 0.972 bits per heavy atom. The van der Waals surface area contributed by atoms with Crippen LogP contribution in [0.25, 0.3) is 0 Å². The maximum Gasteiger partial charge on any atom is 0.244 e. The molecule has 1 heterocycles. The van der Waals surface area contributed by atoms with Crippen molar-refractivity contribution in [2.24, 2.45) is 0 Å². The van der Waals surface area contributed by atoms with Gasteiger partial charge in [-0.15, -0.1) is 0 Å². The van der Waals surface area contributed by atoms with Crippen LogP contribution in [0, 0.1) is 0 Å². The minimum atomic E-state index is -4.06. The molecule has 1 fully saturated rings. The molecule has 1 amide bonds. The standard InChI is InChI=1S/C27H30ClN3O4S/c1-29-27(32)26(23-5-3-2-4-6-23)31(36(33,34)25-13-11-24(28)12-14-25)20-22-9-7-21(8-10-22)19-30-15-17-35-18-16-30/h2-14,26H,15-20H2,1H3,(H,29,32). The third kappa shape index (κ3) is 6.32. The van der Waals surface area contributed by atoms with E-state index < -0.39 is 22.0 Å². The molecule has 0 radical (unpaired) electrons. The Morgan fingerprint density at radius 2 is 1.58 bits per heavy atom. The van der Waals surface area contributed by atoms with Gasteiger partial charge in [0.15, 0.2) is 0 Å². The van der Waals surface area contributed by atoms with Crippen LogP contribution < -0.4 is 5.32 Å². The predicted molar refractivity (Wildman–Crippen MR) is 140 cm³/mol. The van der Waals surface area contributed by atoms with Crippen LogP contribution in [0.15, 0.2) is 83.8 Å². The first-order chi connectivity index (χ1) is 17.4. The van der Waals surface area contributed by atoms with Crippen molar-refractivity contribution in [3.8, 4) is 0 Å². The van der Waals surface area contributed by atoms with Crippen LogP contribution in [-0.4, -0.2) is 56.9 Å². The Labute approximate surface area is 217 Å². The van der Waals surface area contributed by atoms with Crippen molar-refractivity contribution in [1.82, 2.24) is 14.5 Å². The molecule has 9 heteroatoms. The highest BCUT2D eigenvalue weighted by atomic mass is 35.5. The molecule has 3 aromatic rings. The topological polar surface area (TPSA) is 79.0 Å². The van der Waals surface area contributed by atoms with Crippen molar-refractivity contribution in [3.05, 3.63) is 101 Å². The second-order valence-electron chi connectivity index (χ2n) is 8.64. The number of sulfonamides is 1. The molecule has 7 nitrogen and oxygen atoms in total. The number of rotatable bonds is 9. The fourth-order valence-electron chi connectivity index (χ4n) is 4.22. The van der Waals surface area contributed by atoms with Crippen molar-refractivity contribution in [1.29, 1.82) is 0 Å². The first-order valence-corrected chi connectivity index (χ1v) is 13.6. The summed E-state index contributed by atoms with van der Waals surface area (Å²) in [6, 6.07) is 21.7. The largest absolute Gasteiger partial charge is 0.379 e. The lowest BCUT2D eigenvalue weighted by molar-refractivity contribution is -0.124. The molecule has 0 aliphatic carbocycles. The maximum absolute atomic E-state index is 13.9. The van der Waals surface area contributed by atoms with Gasteiger partial charge in [-0.2, -0.15) is 4.31 Å². The molecule has 190 valence electrons. The predicted octanol–water partition coefficient (Wildman–Crippen LogP) is 3.85. The zero-order valence-electron chi connectivity index (χ0n) is 20.1. The summed E-state index contributed by atoms with van der Waals surface area (Å²) in [5.74, 6) is -0.414. The average molecular weight is 528 g/mol. The van der Waals surface area contributed by atoms with Gasteiger partial charge in [0.05, 0.1) is 18.1 Å². The Morgan fingerprint density at radius 3 is 2.19 bits per heavy atom. The highest BCUT2D eigenvalue weighted by molar-refractivity contribution is 7.89. The number of nitrogens with one attached hydrogen (secondary N) is 1. The van der Waals surface area contributed by atoms with Crippen LogP contribution in [-0.2, 0) is 32.6 Å². The number of nitrogens with zero attached hydrogens (tertiary/aromatic N) is 2. The average Bonchev–Trinajstić information content (AvgIpc) is 2.90. The molecule has 1 unspecified atom stereocenters. The number of ether oxygens (including phenoxy) is 1. The Kier molecular flexibility index (Phi) is 8.77. The number of carbonyl (C=O) groups is 1. The smallest absolute Gasteiger partial charge is 0.244 e. The number of hydrogen-bond acceptors (Lipinski definition) is 5. The summed E-state index contributed by atoms with van der Waals surface area (Å²) in [5, 5.41) is 3.07. The molecule has 0 spiro atoms. The van der Waals surface area contributed by atoms with E-state index in [1.54, 1.807) is 24.3 Å². The van der Waals surface area contributed by atoms with Crippen molar-refractivity contribution in [3.63, 3.8) is 0 Å². The van der Waals surface area contributed by atoms with E-state index in [2.05, 4.69) is 10.2 Å². The lowest BCUT2D eigenvalue weighted by Crippen LogP contribution is -2.42. The molecule has 1 saturated heterocycles. The summed E-state index contributed by atoms with van der Waals surface area (Å²) in [6.45, 7) is 4.07. The van der Waals surface area contributed by atoms with E-state index in [-0.39, 0.29) is 11.4 Å². The number of benzene rings is 3. The fraction of sp³-hybridized carbons (Fsp3) is 0.296. The van der Waals surface area contributed by atoms with Crippen LogP contribution in [0.5, 0.6) is 0 Å². The number of halogens is 1. The fourth-order valence-corrected chi connectivity index (χ4v) is 5.92. The number of hydrogen-bond donors (Lipinski definition) is 1. The summed E-state index contributed by atoms with van der Waals surface area (Å²) < 4.78 is 34.5. The summed E-state index contributed by atoms with van der Waals surface area (Å²) in [5.41, 5.74) is 2.50. The van der Waals surface area contributed by atoms with Gasteiger partial charge in [0.1, 0.15) is 6.04 Å². The van der Waals surface area contributed by atoms with E-state index in [0.29, 0.717) is 10.6 Å². The van der Waals surface area contributed by atoms with E-state index in [4.69, 9.17) is 16.3 Å². The normalized spacial score (nSPS) is 15.5. The number of likely N-dealkylation sites (N-methyl/N-ethyl adjacent to an activating group) is 1. The molecule has 1 aliphatic rings. The summed E-state index contributed by atoms with van der Waals surface area (Å²) >= 11 is 6.00. The monoisotopic (exact) mass is 527 g/mol. The summed E-state index contributed by atoms with van der Waals surface area (Å²) in [4.78, 5) is 15.5. The van der Waals surface area contributed by atoms with Crippen molar-refractivity contribution in [2.75, 3.05) is 33.4 Å². The Balaban J connectivity index is 1.68. The van der Waals surface area contributed by atoms with Gasteiger partial charge < -0.3 is 10.1 Å². The van der Waals surface area contributed by atoms with Gasteiger partial charge in [-0.05, 0) is 41.0 Å². The van der Waals surface area contributed by atoms with Crippen LogP contribution in [0.4, 0.5) is 0 Å². The van der Waals surface area contributed by atoms with Gasteiger partial charge in [0, 0.05) is 38.2 Å². The molecule has 0 saturated carbocycles. The van der Waals surface area contributed by atoms with Crippen molar-refractivity contribution >= 4 is 27.5 Å². The highest BCUT2D eigenvalue weighted by Gasteiger charge is 2.36. The van der Waals surface area contributed by atoms with E-state index in [9.17, 15) is 13.2 Å². The van der Waals surface area contributed by atoms with Crippen LogP contribution in [0.3, 0.4) is 0 Å². The molecule has 0 bridgehead atoms. The molecular weight excluding hydrogens is 498 g/mol. The molecular formula is C27H30ClN3O4S. The Bertz CT molecular complexity index is 1250. The van der Waals surface area contributed by atoms with Gasteiger partial charge in [0.2, 0.25) is 15.9 Å². The van der Waals surface area contributed by atoms with E-state index in [1.807, 2.05) is 30.3 Å². The quantitative estimate of drug-likeness (QED) is 0.457. The third-order valence-electron chi connectivity index (χ3n) is 6.19. The lowest BCUT2D eigenvalue weighted by atomic mass is 10.1. The van der Waals surface area contributed by atoms with Gasteiger partial charge in [0.25, 0.3) is 0 Å². The van der Waals surface area contributed by atoms with Crippen molar-refractivity contribution in [2.45, 2.75) is 24.0 Å². The minimum absolute atomic E-state index is 0.0236. The summed E-state index contributed by atoms with van der Waals surface area (Å²) in [7, 11) is -2.55. The van der Waals surface area contributed by atoms with Crippen LogP contribution in [0.1, 0.15) is 22.7 Å². The first-order valence-electron chi connectivity index (χ1n) is 11.8. The molecule has 4 rings (SSSR count). The molecule has 0 aromatic heterocycles. The zero-order valence-corrected chi connectivity index (χ0v) is 21.7. The second-order valence-corrected chi connectivity index (χ2v) is 11.0. The minimum Gasteiger partial charge on any atom is -0.379 e. The summed E-state index contributed by atoms with van der Waals surface area (Å²) in [6.07, 6.45) is 0. The Hall–Kier alpha value is -2.75. The molecule has 1 N–H and O–H groups in total. The van der Waals surface area contributed by atoms with Crippen LogP contribution >= 0.6 is 11.6 Å². The van der Waals surface area contributed by atoms with Crippen molar-refractivity contribution < 1.29 is 17.9 Å². The van der Waals surface area contributed by atoms with Crippen LogP contribution in [0.2, 0.25) is 5.02 Å². The van der Waals surface area contributed by atoms with Gasteiger partial charge >= 0.3 is 0 Å².